The second-order valence-electron chi connectivity index (χ2n) is 3.49. The molecule has 88 valence electrons. The smallest absolute Gasteiger partial charge is 0.251 e. The zero-order valence-corrected chi connectivity index (χ0v) is 9.09. The zero-order chi connectivity index (χ0) is 12.1. The highest BCUT2D eigenvalue weighted by atomic mass is 19.1. The molecule has 0 fully saturated rings. The number of hydrogen-bond donors (Lipinski definition) is 1. The Morgan fingerprint density at radius 2 is 1.94 bits per heavy atom. The van der Waals surface area contributed by atoms with Crippen LogP contribution in [0.2, 0.25) is 0 Å². The van der Waals surface area contributed by atoms with Crippen LogP contribution in [0, 0.1) is 11.6 Å². The summed E-state index contributed by atoms with van der Waals surface area (Å²) in [7, 11) is 1.50. The van der Waals surface area contributed by atoms with Crippen LogP contribution >= 0.6 is 0 Å². The summed E-state index contributed by atoms with van der Waals surface area (Å²) in [6, 6.07) is 2.47. The Labute approximate surface area is 92.4 Å². The molecule has 1 aromatic rings. The van der Waals surface area contributed by atoms with Crippen LogP contribution in [-0.2, 0) is 4.74 Å². The lowest BCUT2D eigenvalue weighted by atomic mass is 10.2. The lowest BCUT2D eigenvalue weighted by Gasteiger charge is -2.12. The van der Waals surface area contributed by atoms with Crippen molar-refractivity contribution in [2.24, 2.45) is 0 Å². The van der Waals surface area contributed by atoms with Gasteiger partial charge in [0.05, 0.1) is 6.61 Å². The van der Waals surface area contributed by atoms with E-state index in [2.05, 4.69) is 5.32 Å². The van der Waals surface area contributed by atoms with E-state index >= 15 is 0 Å². The van der Waals surface area contributed by atoms with Crippen molar-refractivity contribution in [3.8, 4) is 0 Å². The van der Waals surface area contributed by atoms with Crippen LogP contribution < -0.4 is 5.32 Å². The molecule has 0 aliphatic carbocycles. The molecular formula is C11H13F2NO2. The molecule has 1 aromatic carbocycles. The van der Waals surface area contributed by atoms with Crippen LogP contribution in [0.5, 0.6) is 0 Å². The summed E-state index contributed by atoms with van der Waals surface area (Å²) >= 11 is 0. The largest absolute Gasteiger partial charge is 0.383 e. The van der Waals surface area contributed by atoms with Crippen molar-refractivity contribution in [2.75, 3.05) is 13.7 Å². The average Bonchev–Trinajstić information content (AvgIpc) is 2.16. The second kappa shape index (κ2) is 5.55. The average molecular weight is 229 g/mol. The van der Waals surface area contributed by atoms with E-state index in [0.717, 1.165) is 18.2 Å². The summed E-state index contributed by atoms with van der Waals surface area (Å²) in [4.78, 5) is 11.5. The molecule has 3 nitrogen and oxygen atoms in total. The number of carbonyl (C=O) groups excluding carboxylic acids is 1. The first-order valence-electron chi connectivity index (χ1n) is 4.79. The first-order chi connectivity index (χ1) is 7.52. The molecule has 0 saturated carbocycles. The van der Waals surface area contributed by atoms with Crippen LogP contribution in [-0.4, -0.2) is 25.7 Å². The summed E-state index contributed by atoms with van der Waals surface area (Å²) in [6.07, 6.45) is 0. The van der Waals surface area contributed by atoms with Gasteiger partial charge in [-0.1, -0.05) is 0 Å². The Bertz CT molecular complexity index is 362. The lowest BCUT2D eigenvalue weighted by Crippen LogP contribution is -2.35. The van der Waals surface area contributed by atoms with Gasteiger partial charge in [0.1, 0.15) is 11.6 Å². The highest BCUT2D eigenvalue weighted by molar-refractivity contribution is 5.94. The molecule has 0 radical (unpaired) electrons. The third kappa shape index (κ3) is 3.58. The number of nitrogens with one attached hydrogen (secondary N) is 1. The van der Waals surface area contributed by atoms with Crippen LogP contribution in [0.15, 0.2) is 18.2 Å². The van der Waals surface area contributed by atoms with Gasteiger partial charge in [-0.15, -0.1) is 0 Å². The topological polar surface area (TPSA) is 38.3 Å². The molecule has 1 atom stereocenters. The molecule has 0 unspecified atom stereocenters. The molecule has 0 aromatic heterocycles. The Morgan fingerprint density at radius 1 is 1.38 bits per heavy atom. The predicted molar refractivity (Wildman–Crippen MR) is 55.2 cm³/mol. The van der Waals surface area contributed by atoms with Gasteiger partial charge in [0.25, 0.3) is 5.91 Å². The molecule has 0 heterocycles. The summed E-state index contributed by atoms with van der Waals surface area (Å²) in [5.74, 6) is -2.07. The standard InChI is InChI=1S/C11H13F2NO2/c1-7(6-16-2)14-11(15)8-3-9(12)5-10(13)4-8/h3-5,7H,6H2,1-2H3,(H,14,15)/t7-/m1/s1. The number of halogens is 2. The number of amides is 1. The molecule has 0 aliphatic rings. The number of methoxy groups -OCH3 is 1. The Balaban J connectivity index is 2.72. The van der Waals surface area contributed by atoms with Crippen LogP contribution in [0.4, 0.5) is 8.78 Å². The molecule has 0 bridgehead atoms. The molecule has 1 rings (SSSR count). The van der Waals surface area contributed by atoms with Crippen molar-refractivity contribution in [3.63, 3.8) is 0 Å². The van der Waals surface area contributed by atoms with Crippen molar-refractivity contribution >= 4 is 5.91 Å². The van der Waals surface area contributed by atoms with E-state index in [9.17, 15) is 13.6 Å². The number of ether oxygens (including phenoxy) is 1. The van der Waals surface area contributed by atoms with Gasteiger partial charge in [-0.2, -0.15) is 0 Å². The van der Waals surface area contributed by atoms with E-state index in [-0.39, 0.29) is 11.6 Å². The van der Waals surface area contributed by atoms with Gasteiger partial charge >= 0.3 is 0 Å². The fraction of sp³-hybridized carbons (Fsp3) is 0.364. The molecule has 1 amide bonds. The SMILES string of the molecule is COC[C@@H](C)NC(=O)c1cc(F)cc(F)c1. The van der Waals surface area contributed by atoms with Crippen molar-refractivity contribution in [3.05, 3.63) is 35.4 Å². The molecular weight excluding hydrogens is 216 g/mol. The summed E-state index contributed by atoms with van der Waals surface area (Å²) in [5, 5.41) is 2.55. The summed E-state index contributed by atoms with van der Waals surface area (Å²) < 4.78 is 30.5. The van der Waals surface area contributed by atoms with Gasteiger partial charge in [0.15, 0.2) is 0 Å². The van der Waals surface area contributed by atoms with E-state index in [0.29, 0.717) is 6.61 Å². The molecule has 0 spiro atoms. The lowest BCUT2D eigenvalue weighted by molar-refractivity contribution is 0.0904. The first-order valence-corrected chi connectivity index (χ1v) is 4.79. The van der Waals surface area contributed by atoms with Crippen molar-refractivity contribution in [2.45, 2.75) is 13.0 Å². The molecule has 0 saturated heterocycles. The maximum atomic E-state index is 12.8. The summed E-state index contributed by atoms with van der Waals surface area (Å²) in [5.41, 5.74) is -0.0412. The number of hydrogen-bond acceptors (Lipinski definition) is 2. The second-order valence-corrected chi connectivity index (χ2v) is 3.49. The Hall–Kier alpha value is -1.49. The van der Waals surface area contributed by atoms with Gasteiger partial charge in [0, 0.05) is 24.8 Å². The van der Waals surface area contributed by atoms with Crippen molar-refractivity contribution in [1.29, 1.82) is 0 Å². The van der Waals surface area contributed by atoms with Crippen LogP contribution in [0.1, 0.15) is 17.3 Å². The normalized spacial score (nSPS) is 12.2. The number of benzene rings is 1. The Morgan fingerprint density at radius 3 is 2.44 bits per heavy atom. The molecule has 1 N–H and O–H groups in total. The van der Waals surface area contributed by atoms with Crippen LogP contribution in [0.3, 0.4) is 0 Å². The summed E-state index contributed by atoms with van der Waals surface area (Å²) in [6.45, 7) is 2.07. The van der Waals surface area contributed by atoms with E-state index < -0.39 is 17.5 Å². The van der Waals surface area contributed by atoms with Gasteiger partial charge < -0.3 is 10.1 Å². The maximum absolute atomic E-state index is 12.8. The Kier molecular flexibility index (Phi) is 4.37. The third-order valence-electron chi connectivity index (χ3n) is 1.92. The monoisotopic (exact) mass is 229 g/mol. The van der Waals surface area contributed by atoms with Gasteiger partial charge in [-0.25, -0.2) is 8.78 Å². The van der Waals surface area contributed by atoms with E-state index in [4.69, 9.17) is 4.74 Å². The van der Waals surface area contributed by atoms with Crippen molar-refractivity contribution < 1.29 is 18.3 Å². The predicted octanol–water partition coefficient (Wildman–Crippen LogP) is 1.73. The molecule has 16 heavy (non-hydrogen) atoms. The highest BCUT2D eigenvalue weighted by Gasteiger charge is 2.11. The van der Waals surface area contributed by atoms with Crippen LogP contribution in [0.25, 0.3) is 0 Å². The number of carbonyl (C=O) groups is 1. The molecule has 5 heteroatoms. The van der Waals surface area contributed by atoms with Gasteiger partial charge in [-0.3, -0.25) is 4.79 Å². The minimum atomic E-state index is -0.774. The van der Waals surface area contributed by atoms with E-state index in [1.165, 1.54) is 7.11 Å². The fourth-order valence-corrected chi connectivity index (χ4v) is 1.28. The zero-order valence-electron chi connectivity index (χ0n) is 9.09. The maximum Gasteiger partial charge on any atom is 0.251 e. The quantitative estimate of drug-likeness (QED) is 0.853. The van der Waals surface area contributed by atoms with E-state index in [1.54, 1.807) is 6.92 Å². The third-order valence-corrected chi connectivity index (χ3v) is 1.92. The minimum Gasteiger partial charge on any atom is -0.383 e. The fourth-order valence-electron chi connectivity index (χ4n) is 1.28. The minimum absolute atomic E-state index is 0.0412. The van der Waals surface area contributed by atoms with E-state index in [1.807, 2.05) is 0 Å². The van der Waals surface area contributed by atoms with Gasteiger partial charge in [-0.05, 0) is 19.1 Å². The highest BCUT2D eigenvalue weighted by Crippen LogP contribution is 2.08. The van der Waals surface area contributed by atoms with Crippen molar-refractivity contribution in [1.82, 2.24) is 5.32 Å². The van der Waals surface area contributed by atoms with Gasteiger partial charge in [0.2, 0.25) is 0 Å². The molecule has 0 aliphatic heterocycles. The number of rotatable bonds is 4. The first kappa shape index (κ1) is 12.6.